The maximum atomic E-state index is 14.2. The van der Waals surface area contributed by atoms with Gasteiger partial charge in [0.25, 0.3) is 0 Å². The van der Waals surface area contributed by atoms with Crippen LogP contribution >= 0.6 is 12.1 Å². The van der Waals surface area contributed by atoms with E-state index in [0.29, 0.717) is 11.4 Å². The quantitative estimate of drug-likeness (QED) is 0.833. The van der Waals surface area contributed by atoms with Gasteiger partial charge in [-0.2, -0.15) is 0 Å². The SMILES string of the molecule is Fc1ccc2c(c1)N(c1ccccc1F)SN2CC[C@H]1CNCCO1. The first-order valence-electron chi connectivity index (χ1n) is 8.34. The zero-order valence-electron chi connectivity index (χ0n) is 13.6. The van der Waals surface area contributed by atoms with Crippen molar-refractivity contribution in [3.63, 3.8) is 0 Å². The number of fused-ring (bicyclic) bond motifs is 1. The van der Waals surface area contributed by atoms with Crippen molar-refractivity contribution in [1.29, 1.82) is 0 Å². The molecule has 2 aliphatic rings. The molecule has 0 saturated carbocycles. The molecule has 1 saturated heterocycles. The number of rotatable bonds is 4. The number of para-hydroxylation sites is 1. The largest absolute Gasteiger partial charge is 0.376 e. The molecule has 2 heterocycles. The fraction of sp³-hybridized carbons (Fsp3) is 0.333. The maximum Gasteiger partial charge on any atom is 0.147 e. The predicted molar refractivity (Wildman–Crippen MR) is 97.1 cm³/mol. The normalized spacial score (nSPS) is 20.0. The van der Waals surface area contributed by atoms with E-state index in [1.165, 1.54) is 30.3 Å². The molecule has 0 aliphatic carbocycles. The summed E-state index contributed by atoms with van der Waals surface area (Å²) >= 11 is 1.39. The molecule has 4 nitrogen and oxygen atoms in total. The second-order valence-corrected chi connectivity index (χ2v) is 7.02. The summed E-state index contributed by atoms with van der Waals surface area (Å²) in [7, 11) is 0. The van der Waals surface area contributed by atoms with Gasteiger partial charge in [0.1, 0.15) is 11.6 Å². The van der Waals surface area contributed by atoms with Gasteiger partial charge in [-0.05, 0) is 30.7 Å². The number of nitrogens with zero attached hydrogens (tertiary/aromatic N) is 2. The Balaban J connectivity index is 1.57. The lowest BCUT2D eigenvalue weighted by Crippen LogP contribution is -2.39. The van der Waals surface area contributed by atoms with Crippen LogP contribution in [-0.2, 0) is 4.74 Å². The van der Waals surface area contributed by atoms with Crippen molar-refractivity contribution in [3.8, 4) is 0 Å². The highest BCUT2D eigenvalue weighted by Crippen LogP contribution is 2.49. The van der Waals surface area contributed by atoms with Crippen molar-refractivity contribution in [1.82, 2.24) is 5.32 Å². The lowest BCUT2D eigenvalue weighted by Gasteiger charge is -2.26. The first kappa shape index (κ1) is 16.6. The fourth-order valence-corrected chi connectivity index (χ4v) is 4.17. The minimum Gasteiger partial charge on any atom is -0.376 e. The molecular weight excluding hydrogens is 344 g/mol. The summed E-state index contributed by atoms with van der Waals surface area (Å²) in [4.78, 5) is 0. The summed E-state index contributed by atoms with van der Waals surface area (Å²) in [5.41, 5.74) is 1.98. The fourth-order valence-electron chi connectivity index (χ4n) is 3.07. The Morgan fingerprint density at radius 3 is 2.80 bits per heavy atom. The number of nitrogens with one attached hydrogen (secondary N) is 1. The van der Waals surface area contributed by atoms with Gasteiger partial charge in [0.05, 0.1) is 41.9 Å². The molecule has 1 fully saturated rings. The van der Waals surface area contributed by atoms with E-state index in [9.17, 15) is 8.78 Å². The van der Waals surface area contributed by atoms with Crippen LogP contribution in [0.3, 0.4) is 0 Å². The van der Waals surface area contributed by atoms with E-state index in [1.807, 2.05) is 0 Å². The highest BCUT2D eigenvalue weighted by atomic mass is 32.2. The van der Waals surface area contributed by atoms with Gasteiger partial charge in [0, 0.05) is 25.7 Å². The summed E-state index contributed by atoms with van der Waals surface area (Å²) in [5, 5.41) is 3.32. The molecular formula is C18H19F2N3OS. The van der Waals surface area contributed by atoms with Crippen molar-refractivity contribution in [3.05, 3.63) is 54.1 Å². The van der Waals surface area contributed by atoms with Crippen molar-refractivity contribution < 1.29 is 13.5 Å². The molecule has 0 unspecified atom stereocenters. The smallest absolute Gasteiger partial charge is 0.147 e. The second kappa shape index (κ2) is 7.19. The highest BCUT2D eigenvalue weighted by molar-refractivity contribution is 8.02. The Morgan fingerprint density at radius 1 is 1.12 bits per heavy atom. The zero-order chi connectivity index (χ0) is 17.2. The average molecular weight is 363 g/mol. The summed E-state index contributed by atoms with van der Waals surface area (Å²) in [6, 6.07) is 11.2. The lowest BCUT2D eigenvalue weighted by atomic mass is 10.2. The second-order valence-electron chi connectivity index (χ2n) is 6.05. The van der Waals surface area contributed by atoms with Crippen LogP contribution in [0.25, 0.3) is 0 Å². The number of morpholine rings is 1. The summed E-state index contributed by atoms with van der Waals surface area (Å²) < 4.78 is 37.6. The van der Waals surface area contributed by atoms with Crippen LogP contribution in [0, 0.1) is 11.6 Å². The third-order valence-electron chi connectivity index (χ3n) is 4.33. The Morgan fingerprint density at radius 2 is 2.00 bits per heavy atom. The van der Waals surface area contributed by atoms with Gasteiger partial charge in [0.15, 0.2) is 0 Å². The average Bonchev–Trinajstić information content (AvgIpc) is 2.99. The van der Waals surface area contributed by atoms with Crippen LogP contribution in [-0.4, -0.2) is 32.3 Å². The number of halogens is 2. The molecule has 0 radical (unpaired) electrons. The molecule has 0 amide bonds. The standard InChI is InChI=1S/C18H19F2N3OS/c19-13-5-6-17-18(11-13)23(16-4-2-1-3-15(16)20)25-22(17)9-7-14-12-21-8-10-24-14/h1-6,11,14,21H,7-10,12H2/t14-/m0/s1. The van der Waals surface area contributed by atoms with Gasteiger partial charge in [-0.1, -0.05) is 12.1 Å². The van der Waals surface area contributed by atoms with Crippen molar-refractivity contribution in [2.24, 2.45) is 0 Å². The summed E-state index contributed by atoms with van der Waals surface area (Å²) in [6.45, 7) is 3.19. The molecule has 4 rings (SSSR count). The van der Waals surface area contributed by atoms with Crippen LogP contribution in [0.5, 0.6) is 0 Å². The number of hydrogen-bond donors (Lipinski definition) is 1. The summed E-state index contributed by atoms with van der Waals surface area (Å²) in [5.74, 6) is -0.658. The molecule has 2 aromatic rings. The van der Waals surface area contributed by atoms with E-state index < -0.39 is 0 Å². The first-order valence-corrected chi connectivity index (χ1v) is 9.07. The number of ether oxygens (including phenoxy) is 1. The lowest BCUT2D eigenvalue weighted by molar-refractivity contribution is 0.0254. The highest BCUT2D eigenvalue weighted by Gasteiger charge is 2.31. The number of benzene rings is 2. The van der Waals surface area contributed by atoms with Gasteiger partial charge in [-0.25, -0.2) is 8.78 Å². The van der Waals surface area contributed by atoms with Crippen LogP contribution in [0.4, 0.5) is 25.8 Å². The Hall–Kier alpha value is -1.83. The van der Waals surface area contributed by atoms with Gasteiger partial charge in [0.2, 0.25) is 0 Å². The first-order chi connectivity index (χ1) is 12.2. The zero-order valence-corrected chi connectivity index (χ0v) is 14.4. The van der Waals surface area contributed by atoms with Crippen LogP contribution in [0.15, 0.2) is 42.5 Å². The van der Waals surface area contributed by atoms with Crippen molar-refractivity contribution in [2.45, 2.75) is 12.5 Å². The molecule has 0 spiro atoms. The predicted octanol–water partition coefficient (Wildman–Crippen LogP) is 3.86. The van der Waals surface area contributed by atoms with E-state index >= 15 is 0 Å². The van der Waals surface area contributed by atoms with Crippen molar-refractivity contribution >= 4 is 29.2 Å². The monoisotopic (exact) mass is 363 g/mol. The van der Waals surface area contributed by atoms with Crippen molar-refractivity contribution in [2.75, 3.05) is 34.9 Å². The Labute approximate surface area is 150 Å². The Kier molecular flexibility index (Phi) is 4.78. The minimum absolute atomic E-state index is 0.167. The topological polar surface area (TPSA) is 27.7 Å². The molecule has 1 atom stereocenters. The van der Waals surface area contributed by atoms with Gasteiger partial charge in [-0.3, -0.25) is 8.61 Å². The van der Waals surface area contributed by atoms with E-state index in [0.717, 1.165) is 38.3 Å². The van der Waals surface area contributed by atoms with Gasteiger partial charge < -0.3 is 10.1 Å². The molecule has 1 N–H and O–H groups in total. The van der Waals surface area contributed by atoms with Crippen LogP contribution in [0.2, 0.25) is 0 Å². The molecule has 7 heteroatoms. The van der Waals surface area contributed by atoms with E-state index in [2.05, 4.69) is 9.62 Å². The van der Waals surface area contributed by atoms with E-state index in [4.69, 9.17) is 4.74 Å². The molecule has 25 heavy (non-hydrogen) atoms. The number of anilines is 3. The Bertz CT molecular complexity index is 755. The molecule has 2 aromatic carbocycles. The van der Waals surface area contributed by atoms with E-state index in [-0.39, 0.29) is 17.7 Å². The third-order valence-corrected chi connectivity index (χ3v) is 5.47. The molecule has 0 aromatic heterocycles. The molecule has 2 aliphatic heterocycles. The summed E-state index contributed by atoms with van der Waals surface area (Å²) in [6.07, 6.45) is 1.02. The van der Waals surface area contributed by atoms with Gasteiger partial charge >= 0.3 is 0 Å². The van der Waals surface area contributed by atoms with Crippen LogP contribution in [0.1, 0.15) is 6.42 Å². The van der Waals surface area contributed by atoms with Crippen LogP contribution < -0.4 is 13.9 Å². The third kappa shape index (κ3) is 3.44. The van der Waals surface area contributed by atoms with Gasteiger partial charge in [-0.15, -0.1) is 0 Å². The minimum atomic E-state index is -0.331. The van der Waals surface area contributed by atoms with E-state index in [1.54, 1.807) is 28.6 Å². The molecule has 0 bridgehead atoms. The number of hydrogen-bond acceptors (Lipinski definition) is 5. The molecule has 132 valence electrons. The maximum absolute atomic E-state index is 14.2.